The second-order valence-electron chi connectivity index (χ2n) is 20.0. The topological polar surface area (TPSA) is 340 Å². The van der Waals surface area contributed by atoms with Crippen LogP contribution in [0.15, 0.2) is 24.3 Å². The largest absolute Gasteiger partial charge is 0.484 e. The molecule has 0 radical (unpaired) electrons. The second-order valence-corrected chi connectivity index (χ2v) is 21.2. The fourth-order valence-electron chi connectivity index (χ4n) is 8.16. The number of carboxylic acids is 1. The number of fused-ring (bicyclic) bond motifs is 1. The van der Waals surface area contributed by atoms with Crippen LogP contribution in [0.25, 0.3) is 0 Å². The van der Waals surface area contributed by atoms with Crippen LogP contribution in [0.2, 0.25) is 0 Å². The van der Waals surface area contributed by atoms with Crippen molar-refractivity contribution in [2.75, 3.05) is 243 Å². The highest BCUT2D eigenvalue weighted by molar-refractivity contribution is 8.00. The number of hydrogen-bond donors (Lipinski definition) is 6. The highest BCUT2D eigenvalue weighted by Crippen LogP contribution is 2.33. The van der Waals surface area contributed by atoms with Crippen LogP contribution in [0.3, 0.4) is 0 Å². The molecule has 6 N–H and O–H groups in total. The van der Waals surface area contributed by atoms with Crippen LogP contribution in [-0.4, -0.2) is 301 Å². The zero-order valence-corrected chi connectivity index (χ0v) is 53.4. The minimum absolute atomic E-state index is 0.0312. The molecule has 2 heterocycles. The van der Waals surface area contributed by atoms with Gasteiger partial charge in [-0.05, 0) is 37.5 Å². The average molecular weight is 1310 g/mol. The van der Waals surface area contributed by atoms with Gasteiger partial charge in [0.2, 0.25) is 5.91 Å². The lowest BCUT2D eigenvalue weighted by atomic mass is 10.0. The minimum atomic E-state index is -0.906. The van der Waals surface area contributed by atoms with E-state index < -0.39 is 5.97 Å². The van der Waals surface area contributed by atoms with Gasteiger partial charge in [-0.1, -0.05) is 12.5 Å². The molecular formula is C60H103N5O24S. The van der Waals surface area contributed by atoms with E-state index in [0.717, 1.165) is 25.0 Å². The summed E-state index contributed by atoms with van der Waals surface area (Å²) in [6.07, 6.45) is 4.30. The lowest BCUT2D eigenvalue weighted by Crippen LogP contribution is -2.36. The van der Waals surface area contributed by atoms with E-state index in [2.05, 4.69) is 26.6 Å². The number of thioether (sulfide) groups is 1. The van der Waals surface area contributed by atoms with E-state index >= 15 is 0 Å². The molecule has 3 atom stereocenters. The lowest BCUT2D eigenvalue weighted by Gasteiger charge is -2.16. The highest BCUT2D eigenvalue weighted by atomic mass is 32.2. The number of carbonyl (C=O) groups is 6. The Kier molecular flexibility index (Phi) is 51.8. The molecule has 518 valence electrons. The summed E-state index contributed by atoms with van der Waals surface area (Å²) in [5.74, 6) is -0.191. The summed E-state index contributed by atoms with van der Waals surface area (Å²) in [4.78, 5) is 71.2. The predicted octanol–water partition coefficient (Wildman–Crippen LogP) is 1.23. The standard InChI is InChI=1S/C60H103N5O24S/c66-51(6-4-12-63-59(71)50-5-3-7-52(47-50)89-48-56(68)62-14-18-76-22-26-80-29-27-78-24-20-74-16-11-57(69)70)10-15-73-19-23-77-28-31-81-33-35-83-37-39-85-41-43-87-45-46-88-44-42-86-40-38-84-36-34-82-32-30-79-25-21-75-17-13-61-55(67)9-2-1-8-54-58-53(49-90-54)64-60(72)65-58/h3,5,7,47,53-54,58H,1-2,4,6,8-46,48-49H2,(H,61,67)(H,62,68)(H,63,71)(H,69,70)(H2,64,65,72)/t53-,54-,58-/m0/s1. The van der Waals surface area contributed by atoms with Gasteiger partial charge in [-0.3, -0.25) is 24.0 Å². The predicted molar refractivity (Wildman–Crippen MR) is 328 cm³/mol. The summed E-state index contributed by atoms with van der Waals surface area (Å²) in [6.45, 7) is 13.8. The number of urea groups is 1. The first-order chi connectivity index (χ1) is 44.2. The van der Waals surface area contributed by atoms with Crippen LogP contribution in [0.4, 0.5) is 4.79 Å². The van der Waals surface area contributed by atoms with Crippen LogP contribution in [0, 0.1) is 0 Å². The van der Waals surface area contributed by atoms with Crippen molar-refractivity contribution in [3.63, 3.8) is 0 Å². The maximum Gasteiger partial charge on any atom is 0.315 e. The Bertz CT molecular complexity index is 1970. The normalized spacial score (nSPS) is 15.2. The lowest BCUT2D eigenvalue weighted by molar-refractivity contribution is -0.138. The number of hydrogen-bond acceptors (Lipinski definition) is 24. The van der Waals surface area contributed by atoms with E-state index in [1.807, 2.05) is 11.8 Å². The van der Waals surface area contributed by atoms with Crippen molar-refractivity contribution in [2.45, 2.75) is 68.7 Å². The molecule has 5 amide bonds. The van der Waals surface area contributed by atoms with Gasteiger partial charge in [0.05, 0.1) is 230 Å². The Morgan fingerprint density at radius 1 is 0.444 bits per heavy atom. The summed E-state index contributed by atoms with van der Waals surface area (Å²) < 4.78 is 93.1. The molecule has 0 unspecified atom stereocenters. The third-order valence-corrected chi connectivity index (χ3v) is 14.3. The SMILES string of the molecule is O=C(O)CCOCCOCCOCCOCCNC(=O)COc1cccc(C(=O)NCCCC(=O)CCOCCOCCOCCOCCOCCOCCOCCOCCOCCOCCOCCOCCNC(=O)CCCC[C@@H]2SC[C@@H]3NC(=O)N[C@@H]32)c1. The number of amides is 5. The molecule has 3 rings (SSSR count). The Balaban J connectivity index is 0.918. The number of ketones is 1. The first kappa shape index (κ1) is 79.8. The molecule has 90 heavy (non-hydrogen) atoms. The van der Waals surface area contributed by atoms with Gasteiger partial charge in [-0.2, -0.15) is 11.8 Å². The van der Waals surface area contributed by atoms with Crippen LogP contribution < -0.4 is 31.3 Å². The number of carbonyl (C=O) groups excluding carboxylic acids is 5. The van der Waals surface area contributed by atoms with E-state index in [4.69, 9.17) is 85.6 Å². The molecule has 2 fully saturated rings. The molecule has 2 aliphatic heterocycles. The average Bonchev–Trinajstić information content (AvgIpc) is 1.91. The van der Waals surface area contributed by atoms with Gasteiger partial charge in [0.25, 0.3) is 11.8 Å². The first-order valence-electron chi connectivity index (χ1n) is 31.4. The first-order valence-corrected chi connectivity index (χ1v) is 32.5. The summed E-state index contributed by atoms with van der Waals surface area (Å²) >= 11 is 1.89. The molecule has 29 nitrogen and oxygen atoms in total. The number of carboxylic acid groups (broad SMARTS) is 1. The van der Waals surface area contributed by atoms with Crippen LogP contribution in [-0.2, 0) is 95.0 Å². The summed E-state index contributed by atoms with van der Waals surface area (Å²) in [7, 11) is 0. The molecule has 0 aromatic heterocycles. The van der Waals surface area contributed by atoms with Crippen LogP contribution in [0.1, 0.15) is 61.7 Å². The fourth-order valence-corrected chi connectivity index (χ4v) is 9.70. The second kappa shape index (κ2) is 58.4. The van der Waals surface area contributed by atoms with Crippen LogP contribution in [0.5, 0.6) is 5.75 Å². The zero-order chi connectivity index (χ0) is 64.3. The number of nitrogens with one attached hydrogen (secondary N) is 5. The van der Waals surface area contributed by atoms with Crippen molar-refractivity contribution in [1.82, 2.24) is 26.6 Å². The number of ether oxygens (including phenoxy) is 17. The molecule has 1 aromatic rings. The Labute approximate surface area is 534 Å². The van der Waals surface area contributed by atoms with Gasteiger partial charge in [-0.15, -0.1) is 0 Å². The van der Waals surface area contributed by atoms with Gasteiger partial charge < -0.3 is 112 Å². The summed E-state index contributed by atoms with van der Waals surface area (Å²) in [6, 6.07) is 6.86. The molecule has 0 spiro atoms. The van der Waals surface area contributed by atoms with Crippen molar-refractivity contribution in [3.05, 3.63) is 29.8 Å². The van der Waals surface area contributed by atoms with Gasteiger partial charge in [0, 0.05) is 55.5 Å². The van der Waals surface area contributed by atoms with Crippen molar-refractivity contribution >= 4 is 47.3 Å². The number of rotatable bonds is 67. The van der Waals surface area contributed by atoms with Gasteiger partial charge in [-0.25, -0.2) is 4.79 Å². The summed E-state index contributed by atoms with van der Waals surface area (Å²) in [5.41, 5.74) is 0.364. The maximum atomic E-state index is 12.7. The van der Waals surface area contributed by atoms with Crippen molar-refractivity contribution < 1.29 is 114 Å². The highest BCUT2D eigenvalue weighted by Gasteiger charge is 2.42. The zero-order valence-electron chi connectivity index (χ0n) is 52.6. The monoisotopic (exact) mass is 1310 g/mol. The molecule has 0 aliphatic carbocycles. The van der Waals surface area contributed by atoms with Gasteiger partial charge >= 0.3 is 12.0 Å². The van der Waals surface area contributed by atoms with Crippen molar-refractivity contribution in [1.29, 1.82) is 0 Å². The van der Waals surface area contributed by atoms with Gasteiger partial charge in [0.15, 0.2) is 6.61 Å². The molecule has 30 heteroatoms. The molecule has 2 aliphatic rings. The number of benzene rings is 1. The van der Waals surface area contributed by atoms with E-state index in [1.165, 1.54) is 0 Å². The Hall–Kier alpha value is -4.45. The molecular weight excluding hydrogens is 1210 g/mol. The number of aliphatic carboxylic acids is 1. The van der Waals surface area contributed by atoms with E-state index in [9.17, 15) is 28.8 Å². The van der Waals surface area contributed by atoms with Crippen molar-refractivity contribution in [2.24, 2.45) is 0 Å². The third kappa shape index (κ3) is 47.4. The van der Waals surface area contributed by atoms with Crippen molar-refractivity contribution in [3.8, 4) is 5.75 Å². The molecule has 0 saturated carbocycles. The Morgan fingerprint density at radius 3 is 1.30 bits per heavy atom. The third-order valence-electron chi connectivity index (χ3n) is 12.8. The fraction of sp³-hybridized carbons (Fsp3) is 0.800. The quantitative estimate of drug-likeness (QED) is 0.0395. The minimum Gasteiger partial charge on any atom is -0.484 e. The van der Waals surface area contributed by atoms with E-state index in [1.54, 1.807) is 24.3 Å². The van der Waals surface area contributed by atoms with Crippen LogP contribution >= 0.6 is 11.8 Å². The molecule has 2 saturated heterocycles. The smallest absolute Gasteiger partial charge is 0.315 e. The van der Waals surface area contributed by atoms with E-state index in [-0.39, 0.29) is 87.4 Å². The number of unbranched alkanes of at least 4 members (excludes halogenated alkanes) is 1. The van der Waals surface area contributed by atoms with Gasteiger partial charge in [0.1, 0.15) is 11.5 Å². The molecule has 0 bridgehead atoms. The number of Topliss-reactive ketones (excluding diaryl/α,β-unsaturated/α-hetero) is 1. The molecule has 1 aromatic carbocycles. The summed E-state index contributed by atoms with van der Waals surface area (Å²) in [5, 5.41) is 23.3. The van der Waals surface area contributed by atoms with E-state index in [0.29, 0.717) is 241 Å². The maximum absolute atomic E-state index is 12.7. The Morgan fingerprint density at radius 2 is 0.856 bits per heavy atom.